The average molecular weight is 371 g/mol. The maximum atomic E-state index is 15.0. The molecule has 2 aliphatic heterocycles. The minimum atomic E-state index is -1.27. The van der Waals surface area contributed by atoms with Crippen molar-refractivity contribution in [2.75, 3.05) is 24.5 Å². The third-order valence-corrected chi connectivity index (χ3v) is 6.21. The van der Waals surface area contributed by atoms with Crippen LogP contribution in [0.1, 0.15) is 42.1 Å². The van der Waals surface area contributed by atoms with Crippen molar-refractivity contribution < 1.29 is 14.3 Å². The number of carbonyl (C=O) groups is 1. The predicted molar refractivity (Wildman–Crippen MR) is 100 cm³/mol. The van der Waals surface area contributed by atoms with Crippen LogP contribution in [0.4, 0.5) is 10.1 Å². The number of carboxylic acids is 1. The molecule has 3 heterocycles. The topological polar surface area (TPSA) is 74.6 Å². The van der Waals surface area contributed by atoms with E-state index in [1.165, 1.54) is 12.3 Å². The maximum absolute atomic E-state index is 15.0. The van der Waals surface area contributed by atoms with Gasteiger partial charge in [0.1, 0.15) is 11.4 Å². The number of benzene rings is 1. The lowest BCUT2D eigenvalue weighted by atomic mass is 9.94. The normalized spacial score (nSPS) is 25.0. The van der Waals surface area contributed by atoms with Gasteiger partial charge in [-0.25, -0.2) is 9.18 Å². The number of aromatic carboxylic acids is 1. The second-order valence-corrected chi connectivity index (χ2v) is 8.00. The fourth-order valence-electron chi connectivity index (χ4n) is 4.65. The first-order valence-corrected chi connectivity index (χ1v) is 9.63. The Balaban J connectivity index is 1.64. The molecule has 0 radical (unpaired) electrons. The third kappa shape index (κ3) is 2.72. The standard InChI is InChI=1S/C20H22FN3O3/c21-15-6-13-17(24(12-3-4-12)9-14(19(13)25)20(26)27)7-18(15)23-8-11-2-1-5-22-16(11)10-23/h6-7,9,11-12,16,22H,1-5,8,10H2,(H,26,27)/t11-,16?/m0/s1. The van der Waals surface area contributed by atoms with Crippen molar-refractivity contribution in [3.63, 3.8) is 0 Å². The van der Waals surface area contributed by atoms with Gasteiger partial charge < -0.3 is 19.9 Å². The van der Waals surface area contributed by atoms with Crippen LogP contribution in [0.15, 0.2) is 23.1 Å². The quantitative estimate of drug-likeness (QED) is 0.866. The van der Waals surface area contributed by atoms with Gasteiger partial charge in [0.05, 0.1) is 11.2 Å². The molecule has 0 bridgehead atoms. The number of aromatic nitrogens is 1. The summed E-state index contributed by atoms with van der Waals surface area (Å²) in [5.74, 6) is -1.20. The lowest BCUT2D eigenvalue weighted by Gasteiger charge is -2.24. The van der Waals surface area contributed by atoms with Gasteiger partial charge in [0.25, 0.3) is 0 Å². The molecule has 2 aromatic rings. The van der Waals surface area contributed by atoms with Crippen molar-refractivity contribution in [3.05, 3.63) is 39.9 Å². The molecule has 5 rings (SSSR count). The van der Waals surface area contributed by atoms with E-state index in [2.05, 4.69) is 10.2 Å². The summed E-state index contributed by atoms with van der Waals surface area (Å²) in [5.41, 5.74) is 0.233. The van der Waals surface area contributed by atoms with E-state index in [4.69, 9.17) is 0 Å². The highest BCUT2D eigenvalue weighted by molar-refractivity contribution is 5.93. The van der Waals surface area contributed by atoms with E-state index >= 15 is 0 Å². The van der Waals surface area contributed by atoms with Crippen LogP contribution in [0.25, 0.3) is 10.9 Å². The summed E-state index contributed by atoms with van der Waals surface area (Å²) in [6.07, 6.45) is 5.62. The van der Waals surface area contributed by atoms with E-state index in [0.717, 1.165) is 45.3 Å². The summed E-state index contributed by atoms with van der Waals surface area (Å²) >= 11 is 0. The number of hydrogen-bond acceptors (Lipinski definition) is 4. The molecule has 1 aromatic heterocycles. The van der Waals surface area contributed by atoms with Gasteiger partial charge in [-0.15, -0.1) is 0 Å². The van der Waals surface area contributed by atoms with Crippen LogP contribution in [-0.2, 0) is 0 Å². The van der Waals surface area contributed by atoms with Gasteiger partial charge in [-0.3, -0.25) is 4.79 Å². The number of piperidine rings is 1. The fraction of sp³-hybridized carbons (Fsp3) is 0.500. The summed E-state index contributed by atoms with van der Waals surface area (Å²) < 4.78 is 16.8. The molecular weight excluding hydrogens is 349 g/mol. The minimum absolute atomic E-state index is 0.151. The summed E-state index contributed by atoms with van der Waals surface area (Å²) in [4.78, 5) is 26.1. The smallest absolute Gasteiger partial charge is 0.341 e. The zero-order valence-electron chi connectivity index (χ0n) is 14.9. The van der Waals surface area contributed by atoms with Gasteiger partial charge in [-0.2, -0.15) is 0 Å². The van der Waals surface area contributed by atoms with Crippen LogP contribution < -0.4 is 15.6 Å². The zero-order chi connectivity index (χ0) is 18.7. The molecule has 6 nitrogen and oxygen atoms in total. The first kappa shape index (κ1) is 16.7. The van der Waals surface area contributed by atoms with E-state index in [0.29, 0.717) is 23.2 Å². The van der Waals surface area contributed by atoms with Gasteiger partial charge >= 0.3 is 5.97 Å². The number of halogens is 1. The molecule has 0 spiro atoms. The third-order valence-electron chi connectivity index (χ3n) is 6.21. The Morgan fingerprint density at radius 2 is 2.04 bits per heavy atom. The van der Waals surface area contributed by atoms with Gasteiger partial charge in [-0.1, -0.05) is 0 Å². The highest BCUT2D eigenvalue weighted by Gasteiger charge is 2.36. The van der Waals surface area contributed by atoms with E-state index < -0.39 is 17.2 Å². The summed E-state index contributed by atoms with van der Waals surface area (Å²) in [6, 6.07) is 3.54. The lowest BCUT2D eigenvalue weighted by molar-refractivity contribution is 0.0695. The average Bonchev–Trinajstić information content (AvgIpc) is 3.39. The molecule has 1 unspecified atom stereocenters. The number of pyridine rings is 1. The molecule has 3 fully saturated rings. The van der Waals surface area contributed by atoms with E-state index in [1.54, 1.807) is 6.07 Å². The fourth-order valence-corrected chi connectivity index (χ4v) is 4.65. The predicted octanol–water partition coefficient (Wildman–Crippen LogP) is 2.36. The van der Waals surface area contributed by atoms with Crippen LogP contribution >= 0.6 is 0 Å². The van der Waals surface area contributed by atoms with Crippen molar-refractivity contribution in [2.24, 2.45) is 5.92 Å². The molecule has 0 amide bonds. The van der Waals surface area contributed by atoms with Crippen molar-refractivity contribution in [3.8, 4) is 0 Å². The number of fused-ring (bicyclic) bond motifs is 2. The molecule has 1 saturated carbocycles. The van der Waals surface area contributed by atoms with Crippen molar-refractivity contribution >= 4 is 22.6 Å². The van der Waals surface area contributed by atoms with E-state index in [9.17, 15) is 19.1 Å². The molecule has 2 saturated heterocycles. The highest BCUT2D eigenvalue weighted by Crippen LogP contribution is 2.39. The Morgan fingerprint density at radius 1 is 1.22 bits per heavy atom. The SMILES string of the molecule is O=C(O)c1cn(C2CC2)c2cc(N3CC4NCCC[C@H]4C3)c(F)cc2c1=O. The zero-order valence-corrected chi connectivity index (χ0v) is 14.9. The molecule has 2 N–H and O–H groups in total. The van der Waals surface area contributed by atoms with Crippen LogP contribution in [0.5, 0.6) is 0 Å². The molecule has 142 valence electrons. The Kier molecular flexibility index (Phi) is 3.75. The van der Waals surface area contributed by atoms with Crippen LogP contribution in [0, 0.1) is 11.7 Å². The minimum Gasteiger partial charge on any atom is -0.477 e. The van der Waals surface area contributed by atoms with Gasteiger partial charge in [0.2, 0.25) is 5.43 Å². The van der Waals surface area contributed by atoms with E-state index in [1.807, 2.05) is 4.57 Å². The Bertz CT molecular complexity index is 984. The molecule has 7 heteroatoms. The Hall–Kier alpha value is -2.41. The first-order valence-electron chi connectivity index (χ1n) is 9.63. The number of anilines is 1. The molecule has 3 aliphatic rings. The summed E-state index contributed by atoms with van der Waals surface area (Å²) in [6.45, 7) is 2.57. The number of nitrogens with zero attached hydrogens (tertiary/aromatic N) is 2. The van der Waals surface area contributed by atoms with Crippen molar-refractivity contribution in [1.82, 2.24) is 9.88 Å². The highest BCUT2D eigenvalue weighted by atomic mass is 19.1. The molecule has 2 atom stereocenters. The lowest BCUT2D eigenvalue weighted by Crippen LogP contribution is -2.40. The van der Waals surface area contributed by atoms with Crippen LogP contribution in [-0.4, -0.2) is 41.3 Å². The van der Waals surface area contributed by atoms with Gasteiger partial charge in [0.15, 0.2) is 0 Å². The Morgan fingerprint density at radius 3 is 2.74 bits per heavy atom. The molecule has 1 aromatic carbocycles. The van der Waals surface area contributed by atoms with Crippen LogP contribution in [0.3, 0.4) is 0 Å². The Labute approximate surface area is 155 Å². The second kappa shape index (κ2) is 6.05. The number of nitrogens with one attached hydrogen (secondary N) is 1. The van der Waals surface area contributed by atoms with Crippen molar-refractivity contribution in [2.45, 2.75) is 37.8 Å². The maximum Gasteiger partial charge on any atom is 0.341 e. The summed E-state index contributed by atoms with van der Waals surface area (Å²) in [5, 5.41) is 13.0. The summed E-state index contributed by atoms with van der Waals surface area (Å²) in [7, 11) is 0. The molecular formula is C20H22FN3O3. The first-order chi connectivity index (χ1) is 13.0. The molecule has 27 heavy (non-hydrogen) atoms. The van der Waals surface area contributed by atoms with Crippen molar-refractivity contribution in [1.29, 1.82) is 0 Å². The number of hydrogen-bond donors (Lipinski definition) is 2. The second-order valence-electron chi connectivity index (χ2n) is 8.00. The largest absolute Gasteiger partial charge is 0.477 e. The molecule has 1 aliphatic carbocycles. The van der Waals surface area contributed by atoms with E-state index in [-0.39, 0.29) is 17.0 Å². The van der Waals surface area contributed by atoms with Gasteiger partial charge in [0, 0.05) is 36.8 Å². The van der Waals surface area contributed by atoms with Crippen LogP contribution in [0.2, 0.25) is 0 Å². The number of rotatable bonds is 3. The van der Waals surface area contributed by atoms with Gasteiger partial charge in [-0.05, 0) is 50.3 Å². The number of carboxylic acid groups (broad SMARTS) is 1. The monoisotopic (exact) mass is 371 g/mol.